The molecular formula is C22H28N4O4. The van der Waals surface area contributed by atoms with Crippen molar-refractivity contribution in [3.05, 3.63) is 29.3 Å². The number of amides is 1. The molecule has 2 aromatic rings. The molecule has 8 heteroatoms. The zero-order valence-corrected chi connectivity index (χ0v) is 17.8. The Morgan fingerprint density at radius 1 is 1.17 bits per heavy atom. The van der Waals surface area contributed by atoms with E-state index in [0.717, 1.165) is 18.4 Å². The lowest BCUT2D eigenvalue weighted by Gasteiger charge is -2.38. The summed E-state index contributed by atoms with van der Waals surface area (Å²) in [6.07, 6.45) is 3.10. The van der Waals surface area contributed by atoms with Crippen molar-refractivity contribution in [3.8, 4) is 11.5 Å². The highest BCUT2D eigenvalue weighted by Crippen LogP contribution is 2.51. The predicted octanol–water partition coefficient (Wildman–Crippen LogP) is 3.70. The van der Waals surface area contributed by atoms with E-state index in [9.17, 15) is 4.79 Å². The Morgan fingerprint density at radius 3 is 2.60 bits per heavy atom. The summed E-state index contributed by atoms with van der Waals surface area (Å²) < 4.78 is 17.1. The van der Waals surface area contributed by atoms with Gasteiger partial charge in [-0.1, -0.05) is 6.07 Å². The fourth-order valence-electron chi connectivity index (χ4n) is 4.34. The average Bonchev–Trinajstić information content (AvgIpc) is 3.31. The van der Waals surface area contributed by atoms with Gasteiger partial charge >= 0.3 is 6.09 Å². The van der Waals surface area contributed by atoms with Crippen LogP contribution in [0.15, 0.2) is 22.7 Å². The molecule has 160 valence electrons. The number of hydrogen-bond donors (Lipinski definition) is 0. The normalized spacial score (nSPS) is 20.2. The molecule has 0 radical (unpaired) electrons. The molecule has 0 bridgehead atoms. The van der Waals surface area contributed by atoms with Crippen LogP contribution in [0.25, 0.3) is 11.5 Å². The van der Waals surface area contributed by atoms with Gasteiger partial charge in [-0.15, -0.1) is 0 Å². The number of benzene rings is 1. The zero-order chi connectivity index (χ0) is 20.9. The van der Waals surface area contributed by atoms with Gasteiger partial charge < -0.3 is 23.8 Å². The summed E-state index contributed by atoms with van der Waals surface area (Å²) in [6, 6.07) is 6.29. The third kappa shape index (κ3) is 3.43. The monoisotopic (exact) mass is 412 g/mol. The Morgan fingerprint density at radius 2 is 1.93 bits per heavy atom. The standard InChI is InChI=1S/C22H28N4O4/c1-21(2,3)29-20(27)26-11-9-25(10-12-26)19-23-18(30-24-19)15-5-6-16-14-28-22(7-4-8-22)17(16)13-15/h5-6,13H,4,7-12,14H2,1-3H3. The number of rotatable bonds is 2. The summed E-state index contributed by atoms with van der Waals surface area (Å²) in [4.78, 5) is 20.6. The fourth-order valence-corrected chi connectivity index (χ4v) is 4.34. The van der Waals surface area contributed by atoms with E-state index in [2.05, 4.69) is 22.3 Å². The summed E-state index contributed by atoms with van der Waals surface area (Å²) in [5, 5.41) is 4.18. The van der Waals surface area contributed by atoms with Crippen LogP contribution in [0.2, 0.25) is 0 Å². The third-order valence-electron chi connectivity index (χ3n) is 6.14. The highest BCUT2D eigenvalue weighted by atomic mass is 16.6. The summed E-state index contributed by atoms with van der Waals surface area (Å²) in [7, 11) is 0. The Kier molecular flexibility index (Phi) is 4.50. The maximum atomic E-state index is 12.2. The second kappa shape index (κ2) is 6.97. The van der Waals surface area contributed by atoms with E-state index in [4.69, 9.17) is 14.0 Å². The van der Waals surface area contributed by atoms with Crippen molar-refractivity contribution in [2.45, 2.75) is 57.8 Å². The summed E-state index contributed by atoms with van der Waals surface area (Å²) in [6.45, 7) is 8.72. The van der Waals surface area contributed by atoms with E-state index in [1.807, 2.05) is 31.7 Å². The summed E-state index contributed by atoms with van der Waals surface area (Å²) in [5.41, 5.74) is 2.88. The molecule has 3 aliphatic rings. The van der Waals surface area contributed by atoms with Crippen LogP contribution >= 0.6 is 0 Å². The SMILES string of the molecule is CC(C)(C)OC(=O)N1CCN(c2noc(-c3ccc4c(c3)C3(CCC3)OC4)n2)CC1. The first kappa shape index (κ1) is 19.4. The molecule has 1 amide bonds. The van der Waals surface area contributed by atoms with E-state index in [-0.39, 0.29) is 11.7 Å². The van der Waals surface area contributed by atoms with Crippen LogP contribution in [-0.2, 0) is 21.7 Å². The minimum absolute atomic E-state index is 0.0911. The molecule has 1 saturated heterocycles. The van der Waals surface area contributed by atoms with Gasteiger partial charge in [0.2, 0.25) is 0 Å². The van der Waals surface area contributed by atoms with Gasteiger partial charge in [-0.2, -0.15) is 4.98 Å². The van der Waals surface area contributed by atoms with Gasteiger partial charge in [0, 0.05) is 31.7 Å². The largest absolute Gasteiger partial charge is 0.444 e. The lowest BCUT2D eigenvalue weighted by Crippen LogP contribution is -2.50. The Balaban J connectivity index is 1.26. The number of piperazine rings is 1. The minimum Gasteiger partial charge on any atom is -0.444 e. The number of ether oxygens (including phenoxy) is 2. The van der Waals surface area contributed by atoms with Crippen molar-refractivity contribution in [2.75, 3.05) is 31.1 Å². The van der Waals surface area contributed by atoms with Gasteiger partial charge in [-0.3, -0.25) is 0 Å². The van der Waals surface area contributed by atoms with Crippen LogP contribution in [-0.4, -0.2) is 52.9 Å². The number of anilines is 1. The molecule has 2 fully saturated rings. The quantitative estimate of drug-likeness (QED) is 0.744. The van der Waals surface area contributed by atoms with E-state index >= 15 is 0 Å². The van der Waals surface area contributed by atoms with Crippen molar-refractivity contribution < 1.29 is 18.8 Å². The van der Waals surface area contributed by atoms with Crippen molar-refractivity contribution in [1.29, 1.82) is 0 Å². The number of nitrogens with zero attached hydrogens (tertiary/aromatic N) is 4. The van der Waals surface area contributed by atoms with E-state index in [0.29, 0.717) is 44.6 Å². The Bertz CT molecular complexity index is 952. The molecule has 1 aromatic heterocycles. The van der Waals surface area contributed by atoms with Crippen molar-refractivity contribution >= 4 is 12.0 Å². The van der Waals surface area contributed by atoms with Crippen molar-refractivity contribution in [1.82, 2.24) is 15.0 Å². The maximum Gasteiger partial charge on any atom is 0.410 e. The first-order valence-corrected chi connectivity index (χ1v) is 10.7. The Labute approximate surface area is 176 Å². The molecule has 1 aliphatic carbocycles. The van der Waals surface area contributed by atoms with E-state index in [1.165, 1.54) is 17.5 Å². The Hall–Kier alpha value is -2.61. The molecule has 1 spiro atoms. The lowest BCUT2D eigenvalue weighted by atomic mass is 9.74. The van der Waals surface area contributed by atoms with Gasteiger partial charge in [-0.25, -0.2) is 4.79 Å². The second-order valence-corrected chi connectivity index (χ2v) is 9.36. The number of fused-ring (bicyclic) bond motifs is 2. The highest BCUT2D eigenvalue weighted by Gasteiger charge is 2.45. The molecule has 0 unspecified atom stereocenters. The van der Waals surface area contributed by atoms with E-state index < -0.39 is 5.60 Å². The molecule has 2 aliphatic heterocycles. The van der Waals surface area contributed by atoms with Gasteiger partial charge in [0.1, 0.15) is 5.60 Å². The van der Waals surface area contributed by atoms with Gasteiger partial charge in [0.05, 0.1) is 12.2 Å². The molecule has 1 saturated carbocycles. The first-order chi connectivity index (χ1) is 14.3. The van der Waals surface area contributed by atoms with Gasteiger partial charge in [0.15, 0.2) is 0 Å². The first-order valence-electron chi connectivity index (χ1n) is 10.7. The van der Waals surface area contributed by atoms with Crippen molar-refractivity contribution in [2.24, 2.45) is 0 Å². The van der Waals surface area contributed by atoms with Crippen LogP contribution in [0.3, 0.4) is 0 Å². The smallest absolute Gasteiger partial charge is 0.410 e. The number of carbonyl (C=O) groups excluding carboxylic acids is 1. The number of aromatic nitrogens is 2. The minimum atomic E-state index is -0.490. The fraction of sp³-hybridized carbons (Fsp3) is 0.591. The van der Waals surface area contributed by atoms with Crippen LogP contribution < -0.4 is 4.90 Å². The third-order valence-corrected chi connectivity index (χ3v) is 6.14. The topological polar surface area (TPSA) is 80.9 Å². The molecule has 0 atom stereocenters. The molecule has 30 heavy (non-hydrogen) atoms. The van der Waals surface area contributed by atoms with Crippen molar-refractivity contribution in [3.63, 3.8) is 0 Å². The van der Waals surface area contributed by atoms with Crippen LogP contribution in [0.1, 0.15) is 51.2 Å². The average molecular weight is 412 g/mol. The highest BCUT2D eigenvalue weighted by molar-refractivity contribution is 5.68. The molecule has 5 rings (SSSR count). The summed E-state index contributed by atoms with van der Waals surface area (Å²) >= 11 is 0. The molecule has 3 heterocycles. The zero-order valence-electron chi connectivity index (χ0n) is 17.8. The number of hydrogen-bond acceptors (Lipinski definition) is 7. The maximum absolute atomic E-state index is 12.2. The molecular weight excluding hydrogens is 384 g/mol. The van der Waals surface area contributed by atoms with Gasteiger partial charge in [-0.05, 0) is 68.4 Å². The second-order valence-electron chi connectivity index (χ2n) is 9.36. The summed E-state index contributed by atoms with van der Waals surface area (Å²) in [5.74, 6) is 1.08. The molecule has 8 nitrogen and oxygen atoms in total. The van der Waals surface area contributed by atoms with Crippen LogP contribution in [0, 0.1) is 0 Å². The van der Waals surface area contributed by atoms with Crippen LogP contribution in [0.4, 0.5) is 10.7 Å². The molecule has 0 N–H and O–H groups in total. The number of carbonyl (C=O) groups is 1. The van der Waals surface area contributed by atoms with Gasteiger partial charge in [0.25, 0.3) is 11.8 Å². The van der Waals surface area contributed by atoms with E-state index in [1.54, 1.807) is 4.90 Å². The predicted molar refractivity (Wildman–Crippen MR) is 110 cm³/mol. The lowest BCUT2D eigenvalue weighted by molar-refractivity contribution is -0.0943. The molecule has 1 aromatic carbocycles. The van der Waals surface area contributed by atoms with Crippen LogP contribution in [0.5, 0.6) is 0 Å².